The average molecular weight is 390 g/mol. The topological polar surface area (TPSA) is 79.4 Å². The maximum absolute atomic E-state index is 14.2. The van der Waals surface area contributed by atoms with E-state index < -0.39 is 11.3 Å². The van der Waals surface area contributed by atoms with Crippen molar-refractivity contribution < 1.29 is 13.9 Å². The van der Waals surface area contributed by atoms with Gasteiger partial charge in [-0.3, -0.25) is 4.79 Å². The molecule has 0 radical (unpaired) electrons. The largest absolute Gasteiger partial charge is 0.495 e. The van der Waals surface area contributed by atoms with Crippen LogP contribution in [0.3, 0.4) is 0 Å². The summed E-state index contributed by atoms with van der Waals surface area (Å²) in [6.07, 6.45) is 1.49. The molecule has 0 saturated heterocycles. The quantitative estimate of drug-likeness (QED) is 0.727. The number of aryl methyl sites for hydroxylation is 1. The van der Waals surface area contributed by atoms with Crippen LogP contribution in [0.2, 0.25) is 0 Å². The van der Waals surface area contributed by atoms with Crippen molar-refractivity contribution in [1.82, 2.24) is 9.99 Å². The number of benzene rings is 2. The van der Waals surface area contributed by atoms with Crippen molar-refractivity contribution in [2.45, 2.75) is 24.7 Å². The Balaban J connectivity index is 1.83. The van der Waals surface area contributed by atoms with Gasteiger partial charge in [0.25, 0.3) is 0 Å². The summed E-state index contributed by atoms with van der Waals surface area (Å²) in [5, 5.41) is 16.0. The number of fused-ring (bicyclic) bond motifs is 4. The van der Waals surface area contributed by atoms with Crippen LogP contribution in [-0.4, -0.2) is 23.3 Å². The van der Waals surface area contributed by atoms with Gasteiger partial charge >= 0.3 is 0 Å². The molecule has 1 amide bonds. The van der Waals surface area contributed by atoms with Gasteiger partial charge < -0.3 is 9.30 Å². The Morgan fingerprint density at radius 1 is 1.38 bits per heavy atom. The molecule has 2 unspecified atom stereocenters. The van der Waals surface area contributed by atoms with Crippen LogP contribution in [0.4, 0.5) is 4.39 Å². The van der Waals surface area contributed by atoms with E-state index in [9.17, 15) is 14.4 Å². The van der Waals surface area contributed by atoms with Gasteiger partial charge in [0, 0.05) is 23.3 Å². The van der Waals surface area contributed by atoms with Crippen LogP contribution < -0.4 is 10.2 Å². The van der Waals surface area contributed by atoms with E-state index in [1.54, 1.807) is 13.2 Å². The number of nitriles is 1. The van der Waals surface area contributed by atoms with Crippen molar-refractivity contribution in [3.8, 4) is 11.8 Å². The van der Waals surface area contributed by atoms with E-state index in [1.165, 1.54) is 12.1 Å². The number of hydrazone groups is 1. The molecular weight excluding hydrogens is 371 g/mol. The summed E-state index contributed by atoms with van der Waals surface area (Å²) >= 11 is 0. The molecule has 1 aliphatic heterocycles. The molecule has 2 heterocycles. The predicted molar refractivity (Wildman–Crippen MR) is 107 cm³/mol. The molecule has 5 rings (SSSR count). The van der Waals surface area contributed by atoms with Crippen molar-refractivity contribution in [2.75, 3.05) is 7.11 Å². The Morgan fingerprint density at radius 3 is 2.97 bits per heavy atom. The van der Waals surface area contributed by atoms with Gasteiger partial charge in [-0.05, 0) is 49.1 Å². The van der Waals surface area contributed by atoms with E-state index in [0.717, 1.165) is 33.1 Å². The van der Waals surface area contributed by atoms with Crippen molar-refractivity contribution >= 4 is 33.4 Å². The molecule has 3 aromatic rings. The molecule has 1 fully saturated rings. The predicted octanol–water partition coefficient (Wildman–Crippen LogP) is 3.53. The molecule has 2 atom stereocenters. The van der Waals surface area contributed by atoms with Gasteiger partial charge in [-0.25, -0.2) is 9.82 Å². The molecule has 1 N–H and O–H groups in total. The van der Waals surface area contributed by atoms with Crippen LogP contribution in [0.25, 0.3) is 21.8 Å². The second kappa shape index (κ2) is 6.05. The first-order valence-electron chi connectivity index (χ1n) is 9.52. The smallest absolute Gasteiger partial charge is 0.248 e. The van der Waals surface area contributed by atoms with E-state index in [4.69, 9.17) is 4.74 Å². The summed E-state index contributed by atoms with van der Waals surface area (Å²) in [5.74, 6) is -0.231. The number of aromatic nitrogens is 1. The standard InChI is InChI=1S/C22H19FN4O2/c1-27-17-5-3-12(23)9-13(17)19-15(4-6-18(29-2)20(19)27)22(11-24)8-7-16-14(10-22)21(28)26-25-16/h3-6,9,14H,7-8,10H2,1-2H3,(H,26,28). The summed E-state index contributed by atoms with van der Waals surface area (Å²) in [7, 11) is 3.50. The third-order valence-corrected chi connectivity index (χ3v) is 6.40. The zero-order valence-corrected chi connectivity index (χ0v) is 16.1. The maximum atomic E-state index is 14.2. The fourth-order valence-electron chi connectivity index (χ4n) is 4.94. The minimum Gasteiger partial charge on any atom is -0.495 e. The van der Waals surface area contributed by atoms with Gasteiger partial charge in [-0.1, -0.05) is 6.07 Å². The van der Waals surface area contributed by atoms with E-state index in [1.807, 2.05) is 23.7 Å². The Hall–Kier alpha value is -3.40. The van der Waals surface area contributed by atoms with Gasteiger partial charge in [0.2, 0.25) is 5.91 Å². The SMILES string of the molecule is COc1ccc(C2(C#N)CCC3=NNC(=O)C3C2)c2c3cc(F)ccc3n(C)c12. The Morgan fingerprint density at radius 2 is 2.21 bits per heavy atom. The first-order valence-corrected chi connectivity index (χ1v) is 9.52. The first-order chi connectivity index (χ1) is 14.0. The van der Waals surface area contributed by atoms with E-state index in [-0.39, 0.29) is 11.7 Å². The number of carbonyl (C=O) groups excluding carboxylic acids is 1. The van der Waals surface area contributed by atoms with Gasteiger partial charge in [0.15, 0.2) is 0 Å². The number of amides is 1. The number of hydrogen-bond donors (Lipinski definition) is 1. The van der Waals surface area contributed by atoms with Gasteiger partial charge in [0.05, 0.1) is 35.7 Å². The molecule has 1 aromatic heterocycles. The molecule has 0 spiro atoms. The lowest BCUT2D eigenvalue weighted by molar-refractivity contribution is -0.122. The monoisotopic (exact) mass is 390 g/mol. The molecule has 2 aromatic carbocycles. The summed E-state index contributed by atoms with van der Waals surface area (Å²) in [4.78, 5) is 12.3. The lowest BCUT2D eigenvalue weighted by Gasteiger charge is -2.34. The Labute approximate surface area is 166 Å². The molecule has 1 saturated carbocycles. The number of ether oxygens (including phenoxy) is 1. The molecule has 146 valence electrons. The average Bonchev–Trinajstić information content (AvgIpc) is 3.25. The summed E-state index contributed by atoms with van der Waals surface area (Å²) in [6, 6.07) is 10.9. The number of methoxy groups -OCH3 is 1. The van der Waals surface area contributed by atoms with E-state index in [2.05, 4.69) is 16.6 Å². The van der Waals surface area contributed by atoms with Crippen molar-refractivity contribution in [1.29, 1.82) is 5.26 Å². The van der Waals surface area contributed by atoms with Gasteiger partial charge in [-0.2, -0.15) is 10.4 Å². The molecule has 2 aliphatic rings. The van der Waals surface area contributed by atoms with Crippen LogP contribution in [-0.2, 0) is 17.3 Å². The fourth-order valence-corrected chi connectivity index (χ4v) is 4.94. The number of rotatable bonds is 2. The number of hydrogen-bond acceptors (Lipinski definition) is 4. The van der Waals surface area contributed by atoms with Crippen LogP contribution in [0, 0.1) is 23.1 Å². The third-order valence-electron chi connectivity index (χ3n) is 6.40. The lowest BCUT2D eigenvalue weighted by Crippen LogP contribution is -2.38. The maximum Gasteiger partial charge on any atom is 0.248 e. The summed E-state index contributed by atoms with van der Waals surface area (Å²) in [6.45, 7) is 0. The van der Waals surface area contributed by atoms with E-state index in [0.29, 0.717) is 25.0 Å². The Kier molecular flexibility index (Phi) is 3.69. The highest BCUT2D eigenvalue weighted by molar-refractivity contribution is 6.13. The highest BCUT2D eigenvalue weighted by atomic mass is 19.1. The summed E-state index contributed by atoms with van der Waals surface area (Å²) in [5.41, 5.74) is 4.97. The highest BCUT2D eigenvalue weighted by Crippen LogP contribution is 2.47. The number of nitrogens with one attached hydrogen (secondary N) is 1. The Bertz CT molecular complexity index is 1270. The lowest BCUT2D eigenvalue weighted by atomic mass is 9.65. The van der Waals surface area contributed by atoms with Gasteiger partial charge in [-0.15, -0.1) is 0 Å². The van der Waals surface area contributed by atoms with Crippen LogP contribution in [0.1, 0.15) is 24.8 Å². The molecule has 0 bridgehead atoms. The molecule has 29 heavy (non-hydrogen) atoms. The molecule has 1 aliphatic carbocycles. The fraction of sp³-hybridized carbons (Fsp3) is 0.318. The number of nitrogens with zero attached hydrogens (tertiary/aromatic N) is 3. The number of halogens is 1. The third kappa shape index (κ3) is 2.32. The second-order valence-corrected chi connectivity index (χ2v) is 7.79. The molecule has 7 heteroatoms. The normalized spacial score (nSPS) is 23.6. The minimum absolute atomic E-state index is 0.159. The minimum atomic E-state index is -0.865. The highest BCUT2D eigenvalue weighted by Gasteiger charge is 2.46. The van der Waals surface area contributed by atoms with E-state index >= 15 is 0 Å². The molecular formula is C22H19FN4O2. The van der Waals surface area contributed by atoms with Gasteiger partial charge in [0.1, 0.15) is 11.6 Å². The molecule has 6 nitrogen and oxygen atoms in total. The van der Waals surface area contributed by atoms with Crippen molar-refractivity contribution in [3.63, 3.8) is 0 Å². The second-order valence-electron chi connectivity index (χ2n) is 7.79. The number of carbonyl (C=O) groups is 1. The van der Waals surface area contributed by atoms with Crippen molar-refractivity contribution in [2.24, 2.45) is 18.1 Å². The summed E-state index contributed by atoms with van der Waals surface area (Å²) < 4.78 is 21.7. The van der Waals surface area contributed by atoms with Crippen LogP contribution >= 0.6 is 0 Å². The van der Waals surface area contributed by atoms with Crippen LogP contribution in [0.15, 0.2) is 35.4 Å². The van der Waals surface area contributed by atoms with Crippen LogP contribution in [0.5, 0.6) is 5.75 Å². The van der Waals surface area contributed by atoms with Crippen molar-refractivity contribution in [3.05, 3.63) is 41.7 Å². The zero-order chi connectivity index (χ0) is 20.3. The zero-order valence-electron chi connectivity index (χ0n) is 16.1. The first kappa shape index (κ1) is 17.7.